The normalized spacial score (nSPS) is 47.9. The minimum atomic E-state index is -4.34. The van der Waals surface area contributed by atoms with Crippen molar-refractivity contribution in [3.63, 3.8) is 0 Å². The summed E-state index contributed by atoms with van der Waals surface area (Å²) in [6.07, 6.45) is 6.26. The average Bonchev–Trinajstić information content (AvgIpc) is 2.90. The average molecular weight is 549 g/mol. The summed E-state index contributed by atoms with van der Waals surface area (Å²) in [7, 11) is 0. The van der Waals surface area contributed by atoms with Gasteiger partial charge in [0, 0.05) is 17.8 Å². The van der Waals surface area contributed by atoms with Crippen LogP contribution in [0.15, 0.2) is 0 Å². The lowest BCUT2D eigenvalue weighted by Crippen LogP contribution is -2.58. The second kappa shape index (κ2) is 9.84. The van der Waals surface area contributed by atoms with Crippen molar-refractivity contribution in [2.45, 2.75) is 101 Å². The molecule has 4 aliphatic carbocycles. The predicted octanol–water partition coefficient (Wildman–Crippen LogP) is 5.37. The number of fused-ring (bicyclic) bond motifs is 8. The summed E-state index contributed by atoms with van der Waals surface area (Å²) in [5, 5.41) is 0. The Morgan fingerprint density at radius 3 is 2.11 bits per heavy atom. The Hall–Kier alpha value is -0.970. The molecular formula is C28H40F4O6. The van der Waals surface area contributed by atoms with Crippen LogP contribution in [0.4, 0.5) is 17.6 Å². The van der Waals surface area contributed by atoms with Crippen molar-refractivity contribution in [3.8, 4) is 0 Å². The second-order valence-corrected chi connectivity index (χ2v) is 13.2. The fourth-order valence-corrected chi connectivity index (χ4v) is 8.49. The quantitative estimate of drug-likeness (QED) is 0.349. The molecule has 5 unspecified atom stereocenters. The third-order valence-electron chi connectivity index (χ3n) is 10.3. The standard InChI is InChI=1S/C28H40F4O6/c1-17-5-18-3-2-4-21(6-18)28(17)37-13-20(14-38-28)12-34-24(33)25-9-19-7-22(10-25)35-15-26(29,30)27(31,32)16-36-23(8-19)11-25/h17-23H,2-16H2,1H3. The fraction of sp³-hybridized carbons (Fsp3) is 0.964. The molecule has 3 aliphatic heterocycles. The van der Waals surface area contributed by atoms with E-state index in [2.05, 4.69) is 6.92 Å². The highest BCUT2D eigenvalue weighted by Gasteiger charge is 2.60. The van der Waals surface area contributed by atoms with E-state index in [1.165, 1.54) is 12.8 Å². The Bertz CT molecular complexity index is 859. The van der Waals surface area contributed by atoms with Gasteiger partial charge in [-0.2, -0.15) is 17.6 Å². The first kappa shape index (κ1) is 27.2. The molecule has 7 rings (SSSR count). The predicted molar refractivity (Wildman–Crippen MR) is 127 cm³/mol. The number of ether oxygens (including phenoxy) is 5. The molecule has 0 amide bonds. The van der Waals surface area contributed by atoms with Crippen LogP contribution < -0.4 is 0 Å². The molecule has 4 saturated carbocycles. The second-order valence-electron chi connectivity index (χ2n) is 13.2. The van der Waals surface area contributed by atoms with E-state index in [1.54, 1.807) is 0 Å². The highest BCUT2D eigenvalue weighted by molar-refractivity contribution is 5.77. The van der Waals surface area contributed by atoms with Crippen LogP contribution in [0.2, 0.25) is 0 Å². The number of hydrogen-bond acceptors (Lipinski definition) is 6. The molecule has 0 aromatic carbocycles. The van der Waals surface area contributed by atoms with Gasteiger partial charge in [-0.15, -0.1) is 0 Å². The van der Waals surface area contributed by atoms with E-state index < -0.39 is 54.4 Å². The molecule has 0 aromatic heterocycles. The summed E-state index contributed by atoms with van der Waals surface area (Å²) >= 11 is 0. The van der Waals surface area contributed by atoms with E-state index in [0.29, 0.717) is 44.3 Å². The van der Waals surface area contributed by atoms with Gasteiger partial charge in [0.15, 0.2) is 5.79 Å². The molecule has 6 bridgehead atoms. The van der Waals surface area contributed by atoms with Gasteiger partial charge in [0.25, 0.3) is 0 Å². The number of alkyl halides is 4. The fourth-order valence-electron chi connectivity index (χ4n) is 8.49. The Kier molecular flexibility index (Phi) is 7.05. The van der Waals surface area contributed by atoms with Gasteiger partial charge in [-0.1, -0.05) is 19.8 Å². The molecule has 3 heterocycles. The van der Waals surface area contributed by atoms with Crippen molar-refractivity contribution in [3.05, 3.63) is 0 Å². The lowest BCUT2D eigenvalue weighted by molar-refractivity contribution is -0.349. The Balaban J connectivity index is 1.09. The third-order valence-corrected chi connectivity index (χ3v) is 10.3. The van der Waals surface area contributed by atoms with Crippen LogP contribution >= 0.6 is 0 Å². The maximum atomic E-state index is 14.2. The molecule has 5 atom stereocenters. The highest BCUT2D eigenvalue weighted by Crippen LogP contribution is 2.54. The summed E-state index contributed by atoms with van der Waals surface area (Å²) in [6.45, 7) is 0.471. The topological polar surface area (TPSA) is 63.2 Å². The number of hydrogen-bond donors (Lipinski definition) is 0. The molecule has 216 valence electrons. The summed E-state index contributed by atoms with van der Waals surface area (Å²) in [4.78, 5) is 13.5. The van der Waals surface area contributed by atoms with Crippen LogP contribution in [0.3, 0.4) is 0 Å². The zero-order chi connectivity index (χ0) is 26.8. The lowest BCUT2D eigenvalue weighted by atomic mass is 9.60. The number of esters is 1. The van der Waals surface area contributed by atoms with E-state index in [9.17, 15) is 22.4 Å². The zero-order valence-electron chi connectivity index (χ0n) is 22.1. The first-order valence-corrected chi connectivity index (χ1v) is 14.4. The molecule has 1 spiro atoms. The lowest BCUT2D eigenvalue weighted by Gasteiger charge is -2.54. The maximum absolute atomic E-state index is 14.2. The summed E-state index contributed by atoms with van der Waals surface area (Å²) in [5.41, 5.74) is -0.988. The molecule has 7 fully saturated rings. The Morgan fingerprint density at radius 1 is 0.842 bits per heavy atom. The largest absolute Gasteiger partial charge is 0.465 e. The summed E-state index contributed by atoms with van der Waals surface area (Å²) in [5.74, 6) is -8.28. The SMILES string of the molecule is CC1CC2CCCC(C2)C12OCC(COC(=O)C13CC4CC(C1)OCC(F)(F)C(F)(F)COC(C4)C3)CO2. The smallest absolute Gasteiger partial charge is 0.335 e. The van der Waals surface area contributed by atoms with E-state index in [1.807, 2.05) is 0 Å². The third kappa shape index (κ3) is 4.79. The van der Waals surface area contributed by atoms with Gasteiger partial charge in [-0.05, 0) is 63.2 Å². The van der Waals surface area contributed by atoms with Crippen molar-refractivity contribution in [2.75, 3.05) is 33.0 Å². The van der Waals surface area contributed by atoms with Crippen molar-refractivity contribution >= 4 is 5.97 Å². The van der Waals surface area contributed by atoms with E-state index in [4.69, 9.17) is 23.7 Å². The van der Waals surface area contributed by atoms with Crippen LogP contribution in [0.1, 0.15) is 71.1 Å². The minimum absolute atomic E-state index is 0.0336. The van der Waals surface area contributed by atoms with Gasteiger partial charge in [-0.3, -0.25) is 4.79 Å². The van der Waals surface area contributed by atoms with Gasteiger partial charge in [0.2, 0.25) is 0 Å². The van der Waals surface area contributed by atoms with Crippen molar-refractivity contribution < 1.29 is 46.0 Å². The molecule has 3 saturated heterocycles. The minimum Gasteiger partial charge on any atom is -0.465 e. The Morgan fingerprint density at radius 2 is 1.47 bits per heavy atom. The van der Waals surface area contributed by atoms with Gasteiger partial charge in [-0.25, -0.2) is 0 Å². The molecule has 0 N–H and O–H groups in total. The first-order chi connectivity index (χ1) is 18.0. The summed E-state index contributed by atoms with van der Waals surface area (Å²) in [6, 6.07) is 0. The number of rotatable bonds is 3. The molecule has 38 heavy (non-hydrogen) atoms. The van der Waals surface area contributed by atoms with Crippen molar-refractivity contribution in [2.24, 2.45) is 35.0 Å². The van der Waals surface area contributed by atoms with Crippen LogP contribution in [0, 0.1) is 35.0 Å². The molecule has 10 heteroatoms. The molecule has 7 aliphatic rings. The number of carbonyl (C=O) groups is 1. The van der Waals surface area contributed by atoms with Crippen LogP contribution in [-0.2, 0) is 28.5 Å². The van der Waals surface area contributed by atoms with E-state index in [0.717, 1.165) is 25.2 Å². The van der Waals surface area contributed by atoms with Crippen LogP contribution in [0.25, 0.3) is 0 Å². The molecule has 0 aromatic rings. The van der Waals surface area contributed by atoms with Gasteiger partial charge in [0.1, 0.15) is 13.2 Å². The van der Waals surface area contributed by atoms with Gasteiger partial charge < -0.3 is 23.7 Å². The van der Waals surface area contributed by atoms with Gasteiger partial charge >= 0.3 is 17.8 Å². The molecular weight excluding hydrogens is 508 g/mol. The Labute approximate surface area is 221 Å². The highest BCUT2D eigenvalue weighted by atomic mass is 19.3. The zero-order valence-corrected chi connectivity index (χ0v) is 22.1. The van der Waals surface area contributed by atoms with Crippen LogP contribution in [0.5, 0.6) is 0 Å². The number of carbonyl (C=O) groups excluding carboxylic acids is 1. The van der Waals surface area contributed by atoms with E-state index >= 15 is 0 Å². The van der Waals surface area contributed by atoms with Crippen molar-refractivity contribution in [1.29, 1.82) is 0 Å². The molecule has 6 nitrogen and oxygen atoms in total. The monoisotopic (exact) mass is 548 g/mol. The molecule has 0 radical (unpaired) electrons. The maximum Gasteiger partial charge on any atom is 0.335 e. The first-order valence-electron chi connectivity index (χ1n) is 14.4. The number of halogens is 4. The van der Waals surface area contributed by atoms with Gasteiger partial charge in [0.05, 0.1) is 37.4 Å². The van der Waals surface area contributed by atoms with Crippen molar-refractivity contribution in [1.82, 2.24) is 0 Å². The summed E-state index contributed by atoms with van der Waals surface area (Å²) < 4.78 is 86.0. The van der Waals surface area contributed by atoms with E-state index in [-0.39, 0.29) is 31.3 Å². The van der Waals surface area contributed by atoms with Crippen LogP contribution in [-0.4, -0.2) is 68.8 Å².